The molecule has 3 rings (SSSR count). The van der Waals surface area contributed by atoms with Crippen molar-refractivity contribution in [1.82, 2.24) is 0 Å². The molecule has 0 bridgehead atoms. The van der Waals surface area contributed by atoms with E-state index in [4.69, 9.17) is 18.9 Å². The first-order valence-electron chi connectivity index (χ1n) is 7.87. The predicted molar refractivity (Wildman–Crippen MR) is 79.6 cm³/mol. The molecule has 0 radical (unpaired) electrons. The third kappa shape index (κ3) is 4.33. The first kappa shape index (κ1) is 15.6. The highest BCUT2D eigenvalue weighted by Gasteiger charge is 2.22. The van der Waals surface area contributed by atoms with E-state index in [1.807, 2.05) is 24.3 Å². The van der Waals surface area contributed by atoms with Crippen molar-refractivity contribution in [2.45, 2.75) is 12.2 Å². The van der Waals surface area contributed by atoms with E-state index < -0.39 is 6.10 Å². The Balaban J connectivity index is 1.35. The molecule has 2 N–H and O–H groups in total. The van der Waals surface area contributed by atoms with Gasteiger partial charge >= 0.3 is 0 Å². The van der Waals surface area contributed by atoms with E-state index in [9.17, 15) is 5.11 Å². The van der Waals surface area contributed by atoms with Crippen LogP contribution in [0.15, 0.2) is 24.3 Å². The number of quaternary nitrogens is 1. The van der Waals surface area contributed by atoms with Gasteiger partial charge in [0.15, 0.2) is 17.6 Å². The number of aliphatic hydroxyl groups excluding tert-OH is 1. The molecule has 0 saturated carbocycles. The molecule has 2 atom stereocenters. The quantitative estimate of drug-likeness (QED) is 0.714. The van der Waals surface area contributed by atoms with Crippen LogP contribution in [0, 0.1) is 0 Å². The molecule has 2 heterocycles. The fourth-order valence-corrected chi connectivity index (χ4v) is 2.74. The number of para-hydroxylation sites is 2. The van der Waals surface area contributed by atoms with E-state index in [1.54, 1.807) is 0 Å². The average Bonchev–Trinajstić information content (AvgIpc) is 2.55. The molecule has 0 aromatic heterocycles. The summed E-state index contributed by atoms with van der Waals surface area (Å²) in [6, 6.07) is 7.61. The molecule has 1 aromatic carbocycles. The van der Waals surface area contributed by atoms with Gasteiger partial charge in [-0.15, -0.1) is 0 Å². The molecule has 0 aliphatic carbocycles. The molecule has 1 aromatic rings. The van der Waals surface area contributed by atoms with E-state index in [-0.39, 0.29) is 6.10 Å². The van der Waals surface area contributed by atoms with E-state index in [2.05, 4.69) is 0 Å². The van der Waals surface area contributed by atoms with Crippen LogP contribution in [0.2, 0.25) is 0 Å². The molecule has 6 nitrogen and oxygen atoms in total. The zero-order chi connectivity index (χ0) is 15.2. The molecule has 0 spiro atoms. The van der Waals surface area contributed by atoms with Gasteiger partial charge in [-0.05, 0) is 12.1 Å². The number of benzene rings is 1. The Bertz CT molecular complexity index is 464. The van der Waals surface area contributed by atoms with Gasteiger partial charge < -0.3 is 29.0 Å². The van der Waals surface area contributed by atoms with Crippen molar-refractivity contribution in [3.8, 4) is 11.5 Å². The van der Waals surface area contributed by atoms with Crippen molar-refractivity contribution in [3.63, 3.8) is 0 Å². The minimum Gasteiger partial charge on any atom is -0.486 e. The lowest BCUT2D eigenvalue weighted by Gasteiger charge is -2.27. The van der Waals surface area contributed by atoms with Crippen molar-refractivity contribution in [3.05, 3.63) is 24.3 Å². The standard InChI is InChI=1S/C16H23NO5/c18-13(9-17-5-7-19-8-6-17)10-20-11-14-12-21-15-3-1-2-4-16(15)22-14/h1-4,13-14,18H,5-12H2/p+1/t13-,14-/m1/s1. The van der Waals surface area contributed by atoms with Crippen molar-refractivity contribution >= 4 is 0 Å². The Kier molecular flexibility index (Phi) is 5.50. The molecule has 2 aliphatic rings. The Hall–Kier alpha value is -1.34. The second kappa shape index (κ2) is 7.78. The van der Waals surface area contributed by atoms with Crippen LogP contribution < -0.4 is 14.4 Å². The van der Waals surface area contributed by atoms with Gasteiger partial charge in [0.25, 0.3) is 0 Å². The monoisotopic (exact) mass is 310 g/mol. The van der Waals surface area contributed by atoms with Gasteiger partial charge in [-0.2, -0.15) is 0 Å². The molecule has 2 aliphatic heterocycles. The number of hydrogen-bond donors (Lipinski definition) is 2. The Morgan fingerprint density at radius 1 is 1.23 bits per heavy atom. The Morgan fingerprint density at radius 2 is 2.00 bits per heavy atom. The molecular formula is C16H24NO5+. The summed E-state index contributed by atoms with van der Waals surface area (Å²) >= 11 is 0. The van der Waals surface area contributed by atoms with Crippen LogP contribution in [0.25, 0.3) is 0 Å². The highest BCUT2D eigenvalue weighted by atomic mass is 16.6. The lowest BCUT2D eigenvalue weighted by molar-refractivity contribution is -0.911. The highest BCUT2D eigenvalue weighted by Crippen LogP contribution is 2.30. The maximum absolute atomic E-state index is 10.0. The van der Waals surface area contributed by atoms with Gasteiger partial charge in [0, 0.05) is 0 Å². The second-order valence-electron chi connectivity index (χ2n) is 5.76. The summed E-state index contributed by atoms with van der Waals surface area (Å²) in [6.07, 6.45) is -0.581. The van der Waals surface area contributed by atoms with Crippen LogP contribution in [0.3, 0.4) is 0 Å². The second-order valence-corrected chi connectivity index (χ2v) is 5.76. The molecular weight excluding hydrogens is 286 g/mol. The topological polar surface area (TPSA) is 61.6 Å². The highest BCUT2D eigenvalue weighted by molar-refractivity contribution is 5.40. The van der Waals surface area contributed by atoms with Gasteiger partial charge in [-0.1, -0.05) is 12.1 Å². The lowest BCUT2D eigenvalue weighted by atomic mass is 10.2. The molecule has 1 fully saturated rings. The Labute approximate surface area is 130 Å². The number of rotatable bonds is 6. The molecule has 0 unspecified atom stereocenters. The van der Waals surface area contributed by atoms with Crippen LogP contribution in [0.4, 0.5) is 0 Å². The average molecular weight is 310 g/mol. The third-order valence-corrected chi connectivity index (χ3v) is 3.91. The number of fused-ring (bicyclic) bond motifs is 1. The van der Waals surface area contributed by atoms with E-state index in [0.29, 0.717) is 26.4 Å². The van der Waals surface area contributed by atoms with Crippen LogP contribution in [-0.4, -0.2) is 70.0 Å². The minimum atomic E-state index is -0.454. The van der Waals surface area contributed by atoms with Gasteiger partial charge in [-0.25, -0.2) is 0 Å². The number of nitrogens with one attached hydrogen (secondary N) is 1. The van der Waals surface area contributed by atoms with Gasteiger partial charge in [0.2, 0.25) is 0 Å². The van der Waals surface area contributed by atoms with Crippen molar-refractivity contribution < 1.29 is 29.0 Å². The Morgan fingerprint density at radius 3 is 2.82 bits per heavy atom. The largest absolute Gasteiger partial charge is 0.486 e. The third-order valence-electron chi connectivity index (χ3n) is 3.91. The fourth-order valence-electron chi connectivity index (χ4n) is 2.74. The first-order valence-corrected chi connectivity index (χ1v) is 7.87. The molecule has 1 saturated heterocycles. The smallest absolute Gasteiger partial charge is 0.161 e. The van der Waals surface area contributed by atoms with Gasteiger partial charge in [-0.3, -0.25) is 0 Å². The summed E-state index contributed by atoms with van der Waals surface area (Å²) in [6.45, 7) is 5.37. The van der Waals surface area contributed by atoms with Crippen LogP contribution in [0.5, 0.6) is 11.5 Å². The van der Waals surface area contributed by atoms with Crippen LogP contribution in [-0.2, 0) is 9.47 Å². The summed E-state index contributed by atoms with van der Waals surface area (Å²) in [5, 5.41) is 10.0. The zero-order valence-electron chi connectivity index (χ0n) is 12.7. The molecule has 22 heavy (non-hydrogen) atoms. The van der Waals surface area contributed by atoms with E-state index in [0.717, 1.165) is 37.8 Å². The summed E-state index contributed by atoms with van der Waals surface area (Å²) in [4.78, 5) is 1.37. The van der Waals surface area contributed by atoms with E-state index >= 15 is 0 Å². The molecule has 0 amide bonds. The van der Waals surface area contributed by atoms with Crippen molar-refractivity contribution in [1.29, 1.82) is 0 Å². The minimum absolute atomic E-state index is 0.127. The number of morpholine rings is 1. The first-order chi connectivity index (χ1) is 10.8. The lowest BCUT2D eigenvalue weighted by Crippen LogP contribution is -3.15. The molecule has 6 heteroatoms. The summed E-state index contributed by atoms with van der Waals surface area (Å²) in [7, 11) is 0. The SMILES string of the molecule is O[C@@H](COC[C@@H]1COc2ccccc2O1)C[NH+]1CCOCC1. The maximum atomic E-state index is 10.0. The van der Waals surface area contributed by atoms with Crippen LogP contribution in [0.1, 0.15) is 0 Å². The predicted octanol–water partition coefficient (Wildman–Crippen LogP) is -0.881. The van der Waals surface area contributed by atoms with Crippen molar-refractivity contribution in [2.24, 2.45) is 0 Å². The number of ether oxygens (including phenoxy) is 4. The van der Waals surface area contributed by atoms with Gasteiger partial charge in [0.1, 0.15) is 32.3 Å². The van der Waals surface area contributed by atoms with Crippen LogP contribution >= 0.6 is 0 Å². The zero-order valence-corrected chi connectivity index (χ0v) is 12.7. The maximum Gasteiger partial charge on any atom is 0.161 e. The summed E-state index contributed by atoms with van der Waals surface area (Å²) < 4.78 is 22.3. The van der Waals surface area contributed by atoms with Gasteiger partial charge in [0.05, 0.1) is 26.4 Å². The summed E-state index contributed by atoms with van der Waals surface area (Å²) in [5.74, 6) is 1.52. The molecule has 122 valence electrons. The van der Waals surface area contributed by atoms with E-state index in [1.165, 1.54) is 4.90 Å². The van der Waals surface area contributed by atoms with Crippen molar-refractivity contribution in [2.75, 3.05) is 52.7 Å². The normalized spacial score (nSPS) is 23.2. The number of hydrogen-bond acceptors (Lipinski definition) is 5. The summed E-state index contributed by atoms with van der Waals surface area (Å²) in [5.41, 5.74) is 0. The number of aliphatic hydroxyl groups is 1. The fraction of sp³-hybridized carbons (Fsp3) is 0.625.